The molecule has 0 saturated heterocycles. The molecule has 124 valence electrons. The summed E-state index contributed by atoms with van der Waals surface area (Å²) in [7, 11) is 1.49. The molecule has 8 heteroatoms. The van der Waals surface area contributed by atoms with Gasteiger partial charge in [-0.2, -0.15) is 0 Å². The standard InChI is InChI=1S/C16H18N6O2/c1-10(2)14(15-21-20-12-6-4-5-7-22(12)15)19-16(23)11-8-13(24-3)18-9-17-11/h4-10,14H,1-3H3,(H,19,23). The highest BCUT2D eigenvalue weighted by Crippen LogP contribution is 2.21. The zero-order valence-electron chi connectivity index (χ0n) is 13.7. The van der Waals surface area contributed by atoms with E-state index in [1.54, 1.807) is 0 Å². The highest BCUT2D eigenvalue weighted by Gasteiger charge is 2.24. The fraction of sp³-hybridized carbons (Fsp3) is 0.312. The average Bonchev–Trinajstić information content (AvgIpc) is 3.03. The zero-order valence-corrected chi connectivity index (χ0v) is 13.7. The van der Waals surface area contributed by atoms with Gasteiger partial charge in [-0.1, -0.05) is 19.9 Å². The molecule has 0 bridgehead atoms. The van der Waals surface area contributed by atoms with Crippen molar-refractivity contribution in [1.82, 2.24) is 29.9 Å². The summed E-state index contributed by atoms with van der Waals surface area (Å²) in [5.74, 6) is 0.812. The van der Waals surface area contributed by atoms with Gasteiger partial charge in [0.1, 0.15) is 12.0 Å². The Morgan fingerprint density at radius 3 is 2.83 bits per heavy atom. The number of ether oxygens (including phenoxy) is 1. The van der Waals surface area contributed by atoms with Gasteiger partial charge in [0.2, 0.25) is 5.88 Å². The van der Waals surface area contributed by atoms with Crippen LogP contribution in [0.4, 0.5) is 0 Å². The van der Waals surface area contributed by atoms with Crippen LogP contribution in [0.3, 0.4) is 0 Å². The Hall–Kier alpha value is -3.03. The van der Waals surface area contributed by atoms with Crippen LogP contribution in [0.5, 0.6) is 5.88 Å². The first-order chi connectivity index (χ1) is 11.6. The van der Waals surface area contributed by atoms with Crippen LogP contribution in [0.25, 0.3) is 5.65 Å². The van der Waals surface area contributed by atoms with Crippen molar-refractivity contribution in [2.24, 2.45) is 5.92 Å². The smallest absolute Gasteiger partial charge is 0.270 e. The number of hydrogen-bond acceptors (Lipinski definition) is 6. The molecule has 8 nitrogen and oxygen atoms in total. The molecule has 1 atom stereocenters. The number of fused-ring (bicyclic) bond motifs is 1. The Bertz CT molecular complexity index is 860. The zero-order chi connectivity index (χ0) is 17.1. The second-order valence-corrected chi connectivity index (χ2v) is 5.63. The number of rotatable bonds is 5. The van der Waals surface area contributed by atoms with Crippen molar-refractivity contribution < 1.29 is 9.53 Å². The van der Waals surface area contributed by atoms with E-state index in [9.17, 15) is 4.79 Å². The number of nitrogens with zero attached hydrogens (tertiary/aromatic N) is 5. The van der Waals surface area contributed by atoms with Gasteiger partial charge in [0, 0.05) is 12.3 Å². The molecular weight excluding hydrogens is 308 g/mol. The van der Waals surface area contributed by atoms with Crippen LogP contribution < -0.4 is 10.1 Å². The Morgan fingerprint density at radius 1 is 1.25 bits per heavy atom. The van der Waals surface area contributed by atoms with E-state index in [-0.39, 0.29) is 23.6 Å². The summed E-state index contributed by atoms with van der Waals surface area (Å²) in [4.78, 5) is 20.4. The normalized spacial score (nSPS) is 12.3. The third-order valence-corrected chi connectivity index (χ3v) is 3.66. The van der Waals surface area contributed by atoms with Gasteiger partial charge in [0.05, 0.1) is 13.2 Å². The van der Waals surface area contributed by atoms with Gasteiger partial charge < -0.3 is 10.1 Å². The summed E-state index contributed by atoms with van der Waals surface area (Å²) in [6.45, 7) is 4.02. The number of carbonyl (C=O) groups excluding carboxylic acids is 1. The summed E-state index contributed by atoms with van der Waals surface area (Å²) in [5.41, 5.74) is 0.970. The number of pyridine rings is 1. The first kappa shape index (κ1) is 15.9. The Morgan fingerprint density at radius 2 is 2.08 bits per heavy atom. The van der Waals surface area contributed by atoms with Crippen molar-refractivity contribution in [3.8, 4) is 5.88 Å². The lowest BCUT2D eigenvalue weighted by Crippen LogP contribution is -2.33. The monoisotopic (exact) mass is 326 g/mol. The first-order valence-electron chi connectivity index (χ1n) is 7.56. The number of methoxy groups -OCH3 is 1. The fourth-order valence-corrected chi connectivity index (χ4v) is 2.39. The predicted octanol–water partition coefficient (Wildman–Crippen LogP) is 1.65. The minimum Gasteiger partial charge on any atom is -0.481 e. The number of amides is 1. The molecule has 3 aromatic rings. The van der Waals surface area contributed by atoms with Crippen molar-refractivity contribution >= 4 is 11.6 Å². The van der Waals surface area contributed by atoms with Crippen LogP contribution in [0, 0.1) is 5.92 Å². The topological polar surface area (TPSA) is 94.3 Å². The maximum atomic E-state index is 12.5. The van der Waals surface area contributed by atoms with Crippen molar-refractivity contribution in [3.05, 3.63) is 48.3 Å². The number of hydrogen-bond donors (Lipinski definition) is 1. The van der Waals surface area contributed by atoms with E-state index in [0.717, 1.165) is 5.65 Å². The van der Waals surface area contributed by atoms with Crippen molar-refractivity contribution in [1.29, 1.82) is 0 Å². The second-order valence-electron chi connectivity index (χ2n) is 5.63. The first-order valence-corrected chi connectivity index (χ1v) is 7.56. The third-order valence-electron chi connectivity index (χ3n) is 3.66. The van der Waals surface area contributed by atoms with E-state index in [1.165, 1.54) is 19.5 Å². The van der Waals surface area contributed by atoms with Crippen LogP contribution in [-0.4, -0.2) is 37.6 Å². The molecule has 0 radical (unpaired) electrons. The minimum atomic E-state index is -0.318. The number of nitrogens with one attached hydrogen (secondary N) is 1. The number of carbonyl (C=O) groups is 1. The maximum Gasteiger partial charge on any atom is 0.270 e. The van der Waals surface area contributed by atoms with Gasteiger partial charge in [0.25, 0.3) is 5.91 Å². The molecule has 0 spiro atoms. The molecule has 24 heavy (non-hydrogen) atoms. The van der Waals surface area contributed by atoms with Crippen molar-refractivity contribution in [2.75, 3.05) is 7.11 Å². The summed E-state index contributed by atoms with van der Waals surface area (Å²) < 4.78 is 6.90. The highest BCUT2D eigenvalue weighted by molar-refractivity contribution is 5.92. The molecule has 3 aromatic heterocycles. The minimum absolute atomic E-state index is 0.116. The highest BCUT2D eigenvalue weighted by atomic mass is 16.5. The van der Waals surface area contributed by atoms with Gasteiger partial charge >= 0.3 is 0 Å². The Balaban J connectivity index is 1.90. The van der Waals surface area contributed by atoms with Crippen LogP contribution in [0.2, 0.25) is 0 Å². The summed E-state index contributed by atoms with van der Waals surface area (Å²) in [6.07, 6.45) is 3.17. The van der Waals surface area contributed by atoms with E-state index >= 15 is 0 Å². The summed E-state index contributed by atoms with van der Waals surface area (Å²) in [5, 5.41) is 11.4. The third kappa shape index (κ3) is 3.03. The maximum absolute atomic E-state index is 12.5. The average molecular weight is 326 g/mol. The summed E-state index contributed by atoms with van der Waals surface area (Å²) >= 11 is 0. The molecule has 3 heterocycles. The van der Waals surface area contributed by atoms with Gasteiger partial charge in [-0.15, -0.1) is 10.2 Å². The second kappa shape index (κ2) is 6.61. The Labute approximate surface area is 138 Å². The van der Waals surface area contributed by atoms with Crippen LogP contribution in [0.1, 0.15) is 36.2 Å². The molecular formula is C16H18N6O2. The fourth-order valence-electron chi connectivity index (χ4n) is 2.39. The molecule has 1 unspecified atom stereocenters. The number of aromatic nitrogens is 5. The largest absolute Gasteiger partial charge is 0.481 e. The SMILES string of the molecule is COc1cc(C(=O)NC(c2nnc3ccccn23)C(C)C)ncn1. The molecule has 1 N–H and O–H groups in total. The molecule has 0 fully saturated rings. The van der Waals surface area contributed by atoms with E-state index in [2.05, 4.69) is 25.5 Å². The van der Waals surface area contributed by atoms with Gasteiger partial charge in [-0.3, -0.25) is 9.20 Å². The Kier molecular flexibility index (Phi) is 4.37. The lowest BCUT2D eigenvalue weighted by molar-refractivity contribution is 0.0917. The molecule has 3 rings (SSSR count). The summed E-state index contributed by atoms with van der Waals surface area (Å²) in [6, 6.07) is 6.84. The van der Waals surface area contributed by atoms with Crippen LogP contribution in [-0.2, 0) is 0 Å². The van der Waals surface area contributed by atoms with Gasteiger partial charge in [0.15, 0.2) is 11.5 Å². The van der Waals surface area contributed by atoms with E-state index in [4.69, 9.17) is 4.74 Å². The van der Waals surface area contributed by atoms with Crippen LogP contribution >= 0.6 is 0 Å². The van der Waals surface area contributed by atoms with Crippen molar-refractivity contribution in [3.63, 3.8) is 0 Å². The van der Waals surface area contributed by atoms with E-state index in [0.29, 0.717) is 11.7 Å². The lowest BCUT2D eigenvalue weighted by Gasteiger charge is -2.20. The molecule has 0 aliphatic heterocycles. The molecule has 0 saturated carbocycles. The molecule has 0 aliphatic rings. The van der Waals surface area contributed by atoms with Crippen LogP contribution in [0.15, 0.2) is 36.8 Å². The van der Waals surface area contributed by atoms with Gasteiger partial charge in [-0.25, -0.2) is 9.97 Å². The predicted molar refractivity (Wildman–Crippen MR) is 86.6 cm³/mol. The molecule has 0 aromatic carbocycles. The van der Waals surface area contributed by atoms with E-state index < -0.39 is 0 Å². The van der Waals surface area contributed by atoms with E-state index in [1.807, 2.05) is 42.6 Å². The van der Waals surface area contributed by atoms with Crippen molar-refractivity contribution in [2.45, 2.75) is 19.9 Å². The quantitative estimate of drug-likeness (QED) is 0.766. The lowest BCUT2D eigenvalue weighted by atomic mass is 10.0. The molecule has 0 aliphatic carbocycles. The van der Waals surface area contributed by atoms with Gasteiger partial charge in [-0.05, 0) is 18.1 Å². The molecule has 1 amide bonds.